The van der Waals surface area contributed by atoms with Crippen LogP contribution in [0, 0.1) is 23.7 Å². The van der Waals surface area contributed by atoms with Crippen LogP contribution in [0.1, 0.15) is 37.7 Å². The number of hydrogen-bond acceptors (Lipinski definition) is 2. The molecule has 2 aromatic rings. The molecule has 7 rings (SSSR count). The Balaban J connectivity index is 1.52. The average Bonchev–Trinajstić information content (AvgIpc) is 2.59. The Kier molecular flexibility index (Phi) is 2.28. The number of ether oxygens (including phenoxy) is 1. The van der Waals surface area contributed by atoms with E-state index in [1.165, 1.54) is 37.5 Å². The molecule has 1 aromatic heterocycles. The predicted molar refractivity (Wildman–Crippen MR) is 91.2 cm³/mol. The second-order valence-electron chi connectivity index (χ2n) is 8.15. The van der Waals surface area contributed by atoms with Gasteiger partial charge in [-0.05, 0) is 68.2 Å². The molecule has 1 aliphatic heterocycles. The van der Waals surface area contributed by atoms with Crippen molar-refractivity contribution >= 4 is 17.0 Å². The molecule has 2 nitrogen and oxygen atoms in total. The molecule has 0 N–H and O–H groups in total. The van der Waals surface area contributed by atoms with Gasteiger partial charge < -0.3 is 4.74 Å². The van der Waals surface area contributed by atoms with Crippen molar-refractivity contribution in [1.29, 1.82) is 0 Å². The van der Waals surface area contributed by atoms with Crippen LogP contribution in [-0.4, -0.2) is 10.6 Å². The molecule has 0 unspecified atom stereocenters. The summed E-state index contributed by atoms with van der Waals surface area (Å²) in [6, 6.07) is 8.39. The van der Waals surface area contributed by atoms with Crippen molar-refractivity contribution < 1.29 is 4.74 Å². The molecular weight excluding hydrogens is 282 g/mol. The lowest BCUT2D eigenvalue weighted by Gasteiger charge is -2.60. The summed E-state index contributed by atoms with van der Waals surface area (Å²) in [5.41, 5.74) is 2.15. The van der Waals surface area contributed by atoms with Crippen molar-refractivity contribution in [3.8, 4) is 5.75 Å². The Labute approximate surface area is 136 Å². The van der Waals surface area contributed by atoms with Crippen LogP contribution in [-0.2, 0) is 0 Å². The maximum atomic E-state index is 6.88. The molecule has 0 saturated heterocycles. The van der Waals surface area contributed by atoms with Crippen molar-refractivity contribution in [2.75, 3.05) is 0 Å². The summed E-state index contributed by atoms with van der Waals surface area (Å²) in [5, 5.41) is 1.17. The highest BCUT2D eigenvalue weighted by Crippen LogP contribution is 2.61. The van der Waals surface area contributed by atoms with Crippen molar-refractivity contribution in [3.05, 3.63) is 42.1 Å². The fourth-order valence-electron chi connectivity index (χ4n) is 6.15. The lowest BCUT2D eigenvalue weighted by Crippen LogP contribution is -2.60. The largest absolute Gasteiger partial charge is 0.481 e. The average molecular weight is 303 g/mol. The summed E-state index contributed by atoms with van der Waals surface area (Å²) >= 11 is 0. The number of aromatic nitrogens is 1. The van der Waals surface area contributed by atoms with E-state index in [1.54, 1.807) is 0 Å². The van der Waals surface area contributed by atoms with Gasteiger partial charge in [0.25, 0.3) is 0 Å². The minimum absolute atomic E-state index is 0.0372. The van der Waals surface area contributed by atoms with Gasteiger partial charge in [-0.15, -0.1) is 0 Å². The smallest absolute Gasteiger partial charge is 0.138 e. The first-order valence-electron chi connectivity index (χ1n) is 9.08. The highest BCUT2D eigenvalue weighted by molar-refractivity contribution is 5.89. The Hall–Kier alpha value is -1.83. The number of hydrogen-bond donors (Lipinski definition) is 0. The zero-order chi connectivity index (χ0) is 15.0. The topological polar surface area (TPSA) is 22.1 Å². The highest BCUT2D eigenvalue weighted by Gasteiger charge is 2.58. The zero-order valence-electron chi connectivity index (χ0n) is 13.2. The third kappa shape index (κ3) is 1.57. The summed E-state index contributed by atoms with van der Waals surface area (Å²) in [4.78, 5) is 4.59. The quantitative estimate of drug-likeness (QED) is 0.695. The van der Waals surface area contributed by atoms with Crippen molar-refractivity contribution in [1.82, 2.24) is 4.98 Å². The van der Waals surface area contributed by atoms with E-state index in [-0.39, 0.29) is 5.60 Å². The van der Waals surface area contributed by atoms with Crippen LogP contribution in [0.15, 0.2) is 36.5 Å². The van der Waals surface area contributed by atoms with Gasteiger partial charge in [-0.3, -0.25) is 4.98 Å². The number of nitrogens with zero attached hydrogens (tertiary/aromatic N) is 1. The van der Waals surface area contributed by atoms with Gasteiger partial charge in [-0.2, -0.15) is 0 Å². The number of rotatable bonds is 0. The molecule has 2 heterocycles. The Morgan fingerprint density at radius 1 is 0.957 bits per heavy atom. The maximum Gasteiger partial charge on any atom is 0.138 e. The van der Waals surface area contributed by atoms with Gasteiger partial charge in [-0.25, -0.2) is 0 Å². The number of fused-ring (bicyclic) bond motifs is 3. The molecule has 1 spiro atoms. The van der Waals surface area contributed by atoms with Gasteiger partial charge in [0.2, 0.25) is 0 Å². The summed E-state index contributed by atoms with van der Waals surface area (Å²) in [5.74, 6) is 4.45. The van der Waals surface area contributed by atoms with Gasteiger partial charge >= 0.3 is 0 Å². The van der Waals surface area contributed by atoms with E-state index in [9.17, 15) is 0 Å². The standard InChI is InChI=1S/C21H21NO/c1-2-4-19-18(3-1)20-15(12-22-19)5-6-21(23-20)16-8-13-7-14(10-16)11-17(21)9-13/h1-6,12-14,16-17H,7-11H2. The maximum absolute atomic E-state index is 6.88. The van der Waals surface area contributed by atoms with Crippen LogP contribution in [0.2, 0.25) is 0 Å². The summed E-state index contributed by atoms with van der Waals surface area (Å²) in [7, 11) is 0. The fourth-order valence-corrected chi connectivity index (χ4v) is 6.15. The van der Waals surface area contributed by atoms with Gasteiger partial charge in [0.05, 0.1) is 5.52 Å². The first-order valence-corrected chi connectivity index (χ1v) is 9.08. The fraction of sp³-hybridized carbons (Fsp3) is 0.476. The molecule has 4 saturated carbocycles. The van der Waals surface area contributed by atoms with Gasteiger partial charge in [0.15, 0.2) is 0 Å². The second kappa shape index (κ2) is 4.17. The molecule has 5 aliphatic rings. The Morgan fingerprint density at radius 2 is 1.70 bits per heavy atom. The van der Waals surface area contributed by atoms with Crippen molar-refractivity contribution in [3.63, 3.8) is 0 Å². The van der Waals surface area contributed by atoms with Crippen molar-refractivity contribution in [2.24, 2.45) is 23.7 Å². The third-order valence-electron chi connectivity index (χ3n) is 6.97. The monoisotopic (exact) mass is 303 g/mol. The van der Waals surface area contributed by atoms with E-state index in [1.807, 2.05) is 6.20 Å². The molecule has 4 bridgehead atoms. The van der Waals surface area contributed by atoms with E-state index < -0.39 is 0 Å². The summed E-state index contributed by atoms with van der Waals surface area (Å²) < 4.78 is 6.88. The summed E-state index contributed by atoms with van der Waals surface area (Å²) in [6.45, 7) is 0. The van der Waals surface area contributed by atoms with Crippen LogP contribution >= 0.6 is 0 Å². The van der Waals surface area contributed by atoms with Gasteiger partial charge in [-0.1, -0.05) is 12.1 Å². The molecule has 2 heteroatoms. The Morgan fingerprint density at radius 3 is 2.48 bits per heavy atom. The summed E-state index contributed by atoms with van der Waals surface area (Å²) in [6.07, 6.45) is 13.6. The molecule has 0 atom stereocenters. The molecule has 4 fully saturated rings. The molecule has 4 aliphatic carbocycles. The van der Waals surface area contributed by atoms with Crippen LogP contribution < -0.4 is 4.74 Å². The number of benzene rings is 1. The molecular formula is C21H21NO. The minimum atomic E-state index is -0.0372. The van der Waals surface area contributed by atoms with Crippen LogP contribution in [0.4, 0.5) is 0 Å². The first kappa shape index (κ1) is 12.6. The lowest BCUT2D eigenvalue weighted by molar-refractivity contribution is -0.127. The third-order valence-corrected chi connectivity index (χ3v) is 6.97. The van der Waals surface area contributed by atoms with Crippen LogP contribution in [0.5, 0.6) is 5.75 Å². The number of para-hydroxylation sites is 1. The molecule has 116 valence electrons. The first-order chi connectivity index (χ1) is 11.3. The molecule has 0 radical (unpaired) electrons. The van der Waals surface area contributed by atoms with Gasteiger partial charge in [0, 0.05) is 29.0 Å². The Bertz CT molecular complexity index is 809. The van der Waals surface area contributed by atoms with E-state index in [0.717, 1.165) is 40.5 Å². The van der Waals surface area contributed by atoms with Gasteiger partial charge in [0.1, 0.15) is 11.4 Å². The van der Waals surface area contributed by atoms with E-state index in [4.69, 9.17) is 4.74 Å². The SMILES string of the molecule is C1=CC2(Oc3c1cnc1ccccc31)C1CC3CC(C1)CC2C3. The second-order valence-corrected chi connectivity index (χ2v) is 8.15. The lowest BCUT2D eigenvalue weighted by atomic mass is 9.49. The molecule has 0 amide bonds. The highest BCUT2D eigenvalue weighted by atomic mass is 16.5. The molecule has 1 aromatic carbocycles. The normalized spacial score (nSPS) is 39.7. The van der Waals surface area contributed by atoms with Crippen LogP contribution in [0.25, 0.3) is 17.0 Å². The minimum Gasteiger partial charge on any atom is -0.481 e. The van der Waals surface area contributed by atoms with E-state index in [2.05, 4.69) is 41.4 Å². The predicted octanol–water partition coefficient (Wildman–Crippen LogP) is 4.84. The van der Waals surface area contributed by atoms with E-state index >= 15 is 0 Å². The van der Waals surface area contributed by atoms with Crippen LogP contribution in [0.3, 0.4) is 0 Å². The molecule has 23 heavy (non-hydrogen) atoms. The zero-order valence-corrected chi connectivity index (χ0v) is 13.2. The van der Waals surface area contributed by atoms with E-state index in [0.29, 0.717) is 0 Å². The number of pyridine rings is 1. The van der Waals surface area contributed by atoms with Crippen molar-refractivity contribution in [2.45, 2.75) is 37.7 Å².